The number of hydrogen-bond donors (Lipinski definition) is 0. The molecule has 0 aromatic heterocycles. The Bertz CT molecular complexity index is 271. The summed E-state index contributed by atoms with van der Waals surface area (Å²) in [5.74, 6) is -1.37. The second kappa shape index (κ2) is 4.61. The molecule has 0 saturated carbocycles. The van der Waals surface area contributed by atoms with Gasteiger partial charge in [-0.25, -0.2) is 4.39 Å². The Morgan fingerprint density at radius 3 is 2.44 bits per heavy atom. The Labute approximate surface area is 92.5 Å². The van der Waals surface area contributed by atoms with Gasteiger partial charge in [-0.15, -0.1) is 0 Å². The lowest BCUT2D eigenvalue weighted by Gasteiger charge is -2.32. The van der Waals surface area contributed by atoms with Gasteiger partial charge in [0.2, 0.25) is 0 Å². The predicted octanol–water partition coefficient (Wildman–Crippen LogP) is 1.96. The fourth-order valence-corrected chi connectivity index (χ4v) is 2.13. The number of nitrogens with zero attached hydrogens (tertiary/aromatic N) is 1. The smallest absolute Gasteiger partial charge is 0.315 e. The minimum atomic E-state index is -3.13. The molecule has 94 valence electrons. The molecule has 0 radical (unpaired) electrons. The number of rotatable bonds is 3. The summed E-state index contributed by atoms with van der Waals surface area (Å²) in [6, 6.07) is -0.915. The maximum atomic E-state index is 12.8. The summed E-state index contributed by atoms with van der Waals surface area (Å²) in [7, 11) is 0. The molecule has 0 unspecified atom stereocenters. The SMILES string of the molecule is CC[C@H]1OC(C)(C)N(C(=O)C(F)F)[C@@H]1CF. The Balaban J connectivity index is 2.98. The zero-order valence-electron chi connectivity index (χ0n) is 9.54. The first kappa shape index (κ1) is 13.3. The van der Waals surface area contributed by atoms with Crippen molar-refractivity contribution in [3.8, 4) is 0 Å². The van der Waals surface area contributed by atoms with Crippen LogP contribution in [0.2, 0.25) is 0 Å². The van der Waals surface area contributed by atoms with Crippen molar-refractivity contribution >= 4 is 5.91 Å². The molecule has 0 bridgehead atoms. The first-order chi connectivity index (χ1) is 7.35. The van der Waals surface area contributed by atoms with Crippen molar-refractivity contribution < 1.29 is 22.7 Å². The zero-order valence-corrected chi connectivity index (χ0v) is 9.54. The van der Waals surface area contributed by atoms with Crippen molar-refractivity contribution in [1.29, 1.82) is 0 Å². The van der Waals surface area contributed by atoms with Crippen molar-refractivity contribution in [2.24, 2.45) is 0 Å². The first-order valence-corrected chi connectivity index (χ1v) is 5.20. The standard InChI is InChI=1S/C10H16F3NO2/c1-4-7-6(5-11)14(9(15)8(12)13)10(2,3)16-7/h6-8H,4-5H2,1-3H3/t6-,7-/m1/s1. The number of carbonyl (C=O) groups excluding carboxylic acids is 1. The summed E-state index contributed by atoms with van der Waals surface area (Å²) in [4.78, 5) is 12.1. The Hall–Kier alpha value is -0.780. The highest BCUT2D eigenvalue weighted by Gasteiger charge is 2.50. The molecule has 0 spiro atoms. The number of halogens is 3. The number of alkyl halides is 3. The van der Waals surface area contributed by atoms with Gasteiger partial charge in [-0.2, -0.15) is 8.78 Å². The molecule has 1 heterocycles. The van der Waals surface area contributed by atoms with Crippen LogP contribution in [0.5, 0.6) is 0 Å². The highest BCUT2D eigenvalue weighted by molar-refractivity contribution is 5.80. The van der Waals surface area contributed by atoms with Gasteiger partial charge in [0.15, 0.2) is 0 Å². The van der Waals surface area contributed by atoms with Gasteiger partial charge in [0.1, 0.15) is 12.4 Å². The van der Waals surface area contributed by atoms with Gasteiger partial charge < -0.3 is 9.64 Å². The highest BCUT2D eigenvalue weighted by atomic mass is 19.3. The Morgan fingerprint density at radius 1 is 1.50 bits per heavy atom. The van der Waals surface area contributed by atoms with Crippen molar-refractivity contribution in [3.63, 3.8) is 0 Å². The summed E-state index contributed by atoms with van der Waals surface area (Å²) < 4.78 is 43.0. The second-order valence-corrected chi connectivity index (χ2v) is 4.24. The first-order valence-electron chi connectivity index (χ1n) is 5.20. The lowest BCUT2D eigenvalue weighted by atomic mass is 10.1. The van der Waals surface area contributed by atoms with Gasteiger partial charge in [0.25, 0.3) is 5.91 Å². The Morgan fingerprint density at radius 2 is 2.06 bits per heavy atom. The molecule has 0 N–H and O–H groups in total. The van der Waals surface area contributed by atoms with Crippen LogP contribution < -0.4 is 0 Å². The van der Waals surface area contributed by atoms with Crippen LogP contribution in [0.3, 0.4) is 0 Å². The molecule has 1 rings (SSSR count). The second-order valence-electron chi connectivity index (χ2n) is 4.24. The van der Waals surface area contributed by atoms with E-state index < -0.39 is 36.9 Å². The molecule has 1 fully saturated rings. The number of carbonyl (C=O) groups is 1. The van der Waals surface area contributed by atoms with E-state index >= 15 is 0 Å². The van der Waals surface area contributed by atoms with E-state index in [1.165, 1.54) is 13.8 Å². The quantitative estimate of drug-likeness (QED) is 0.753. The van der Waals surface area contributed by atoms with E-state index in [1.54, 1.807) is 6.92 Å². The zero-order chi connectivity index (χ0) is 12.5. The molecule has 1 aliphatic rings. The summed E-state index contributed by atoms with van der Waals surface area (Å²) in [5.41, 5.74) is -1.18. The lowest BCUT2D eigenvalue weighted by Crippen LogP contribution is -2.51. The monoisotopic (exact) mass is 239 g/mol. The van der Waals surface area contributed by atoms with Crippen LogP contribution in [0.4, 0.5) is 13.2 Å². The number of ether oxygens (including phenoxy) is 1. The van der Waals surface area contributed by atoms with Crippen molar-refractivity contribution in [1.82, 2.24) is 4.90 Å². The lowest BCUT2D eigenvalue weighted by molar-refractivity contribution is -0.159. The van der Waals surface area contributed by atoms with Crippen molar-refractivity contribution in [3.05, 3.63) is 0 Å². The summed E-state index contributed by atoms with van der Waals surface area (Å²) in [5, 5.41) is 0. The molecule has 0 aromatic rings. The molecule has 0 aliphatic carbocycles. The minimum absolute atomic E-state index is 0.477. The van der Waals surface area contributed by atoms with E-state index in [2.05, 4.69) is 0 Å². The van der Waals surface area contributed by atoms with Gasteiger partial charge in [-0.05, 0) is 20.3 Å². The molecule has 1 amide bonds. The average molecular weight is 239 g/mol. The van der Waals surface area contributed by atoms with Crippen LogP contribution >= 0.6 is 0 Å². The predicted molar refractivity (Wildman–Crippen MR) is 51.9 cm³/mol. The molecule has 1 saturated heterocycles. The summed E-state index contributed by atoms with van der Waals surface area (Å²) >= 11 is 0. The maximum Gasteiger partial charge on any atom is 0.315 e. The largest absolute Gasteiger partial charge is 0.351 e. The number of amides is 1. The molecule has 16 heavy (non-hydrogen) atoms. The average Bonchev–Trinajstić information content (AvgIpc) is 2.47. The Kier molecular flexibility index (Phi) is 3.83. The van der Waals surface area contributed by atoms with Gasteiger partial charge in [0, 0.05) is 0 Å². The highest BCUT2D eigenvalue weighted by Crippen LogP contribution is 2.34. The molecule has 2 atom stereocenters. The van der Waals surface area contributed by atoms with Crippen LogP contribution in [0.15, 0.2) is 0 Å². The third-order valence-electron chi connectivity index (χ3n) is 2.77. The number of hydrogen-bond acceptors (Lipinski definition) is 2. The fourth-order valence-electron chi connectivity index (χ4n) is 2.13. The van der Waals surface area contributed by atoms with E-state index in [0.29, 0.717) is 6.42 Å². The fraction of sp³-hybridized carbons (Fsp3) is 0.900. The van der Waals surface area contributed by atoms with E-state index in [0.717, 1.165) is 4.90 Å². The summed E-state index contributed by atoms with van der Waals surface area (Å²) in [6.07, 6.45) is -3.18. The van der Waals surface area contributed by atoms with Crippen LogP contribution in [0.25, 0.3) is 0 Å². The van der Waals surface area contributed by atoms with Gasteiger partial charge in [-0.1, -0.05) is 6.92 Å². The van der Waals surface area contributed by atoms with Gasteiger partial charge in [0.05, 0.1) is 12.1 Å². The molecule has 0 aromatic carbocycles. The third-order valence-corrected chi connectivity index (χ3v) is 2.77. The third kappa shape index (κ3) is 2.16. The van der Waals surface area contributed by atoms with E-state index in [4.69, 9.17) is 4.74 Å². The topological polar surface area (TPSA) is 29.5 Å². The van der Waals surface area contributed by atoms with Gasteiger partial charge >= 0.3 is 6.43 Å². The van der Waals surface area contributed by atoms with E-state index in [1.807, 2.05) is 0 Å². The molecular formula is C10H16F3NO2. The normalized spacial score (nSPS) is 28.8. The van der Waals surface area contributed by atoms with Crippen LogP contribution in [0.1, 0.15) is 27.2 Å². The molecular weight excluding hydrogens is 223 g/mol. The molecule has 3 nitrogen and oxygen atoms in total. The van der Waals surface area contributed by atoms with Crippen LogP contribution in [-0.2, 0) is 9.53 Å². The van der Waals surface area contributed by atoms with Crippen LogP contribution in [-0.4, -0.2) is 41.8 Å². The molecule has 6 heteroatoms. The summed E-state index contributed by atoms with van der Waals surface area (Å²) in [6.45, 7) is 3.87. The minimum Gasteiger partial charge on any atom is -0.351 e. The van der Waals surface area contributed by atoms with Crippen molar-refractivity contribution in [2.75, 3.05) is 6.67 Å². The van der Waals surface area contributed by atoms with Crippen LogP contribution in [0, 0.1) is 0 Å². The maximum absolute atomic E-state index is 12.8. The molecule has 1 aliphatic heterocycles. The van der Waals surface area contributed by atoms with Gasteiger partial charge in [-0.3, -0.25) is 4.79 Å². The van der Waals surface area contributed by atoms with E-state index in [9.17, 15) is 18.0 Å². The van der Waals surface area contributed by atoms with Crippen molar-refractivity contribution in [2.45, 2.75) is 51.5 Å². The van der Waals surface area contributed by atoms with E-state index in [-0.39, 0.29) is 0 Å².